The van der Waals surface area contributed by atoms with Crippen molar-refractivity contribution in [3.63, 3.8) is 0 Å². The molecule has 3 heterocycles. The minimum Gasteiger partial charge on any atom is -0.507 e. The first-order valence-electron chi connectivity index (χ1n) is 9.84. The van der Waals surface area contributed by atoms with E-state index in [0.717, 1.165) is 27.1 Å². The number of nitrogens with zero attached hydrogens (tertiary/aromatic N) is 1. The molecular formula is C24H18BrNO4S. The molecule has 0 radical (unpaired) electrons. The maximum absolute atomic E-state index is 13.1. The van der Waals surface area contributed by atoms with Crippen LogP contribution >= 0.6 is 27.3 Å². The zero-order valence-corrected chi connectivity index (χ0v) is 18.9. The lowest BCUT2D eigenvalue weighted by atomic mass is 9.98. The molecule has 2 aliphatic rings. The van der Waals surface area contributed by atoms with E-state index in [1.165, 1.54) is 16.2 Å². The number of halogens is 1. The van der Waals surface area contributed by atoms with Crippen molar-refractivity contribution in [1.29, 1.82) is 0 Å². The third kappa shape index (κ3) is 3.38. The number of Topliss-reactive ketones (excluding diaryl/α,β-unsaturated/α-hetero) is 1. The number of anilines is 1. The minimum absolute atomic E-state index is 0.0700. The number of ketones is 1. The lowest BCUT2D eigenvalue weighted by molar-refractivity contribution is -0.132. The Hall–Kier alpha value is -2.90. The minimum atomic E-state index is -0.697. The largest absolute Gasteiger partial charge is 0.507 e. The van der Waals surface area contributed by atoms with Crippen LogP contribution in [0, 0.1) is 0 Å². The fourth-order valence-corrected chi connectivity index (χ4v) is 5.38. The van der Waals surface area contributed by atoms with E-state index in [2.05, 4.69) is 15.9 Å². The van der Waals surface area contributed by atoms with Crippen molar-refractivity contribution in [2.45, 2.75) is 25.5 Å². The van der Waals surface area contributed by atoms with E-state index in [9.17, 15) is 14.7 Å². The van der Waals surface area contributed by atoms with Gasteiger partial charge in [0.15, 0.2) is 0 Å². The highest BCUT2D eigenvalue weighted by molar-refractivity contribution is 9.10. The highest BCUT2D eigenvalue weighted by Crippen LogP contribution is 2.44. The van der Waals surface area contributed by atoms with Gasteiger partial charge >= 0.3 is 0 Å². The first kappa shape index (κ1) is 20.0. The lowest BCUT2D eigenvalue weighted by Crippen LogP contribution is -2.29. The Bertz CT molecular complexity index is 1230. The summed E-state index contributed by atoms with van der Waals surface area (Å²) in [7, 11) is 0. The number of hydrogen-bond acceptors (Lipinski definition) is 5. The molecule has 1 saturated heterocycles. The summed E-state index contributed by atoms with van der Waals surface area (Å²) in [5.41, 5.74) is 2.17. The fourth-order valence-electron chi connectivity index (χ4n) is 4.17. The maximum atomic E-state index is 13.1. The Morgan fingerprint density at radius 2 is 2.00 bits per heavy atom. The smallest absolute Gasteiger partial charge is 0.300 e. The lowest BCUT2D eigenvalue weighted by Gasteiger charge is -2.24. The summed E-state index contributed by atoms with van der Waals surface area (Å²) >= 11 is 4.87. The highest BCUT2D eigenvalue weighted by Gasteiger charge is 2.47. The van der Waals surface area contributed by atoms with Crippen LogP contribution in [-0.2, 0) is 16.0 Å². The first-order chi connectivity index (χ1) is 14.9. The number of aliphatic hydroxyl groups excluding tert-OH is 1. The van der Waals surface area contributed by atoms with Gasteiger partial charge in [0.1, 0.15) is 23.7 Å². The van der Waals surface area contributed by atoms with Crippen molar-refractivity contribution in [2.24, 2.45) is 0 Å². The number of ether oxygens (including phenoxy) is 1. The van der Waals surface area contributed by atoms with E-state index in [1.807, 2.05) is 42.6 Å². The zero-order valence-electron chi connectivity index (χ0n) is 16.5. The predicted molar refractivity (Wildman–Crippen MR) is 123 cm³/mol. The van der Waals surface area contributed by atoms with Crippen LogP contribution < -0.4 is 9.64 Å². The number of amides is 1. The fraction of sp³-hybridized carbons (Fsp3) is 0.167. The molecule has 0 bridgehead atoms. The monoisotopic (exact) mass is 495 g/mol. The SMILES string of the molecule is CC1Cc2cc(/C(O)=C3/C(=O)C(=O)N(c4cccc(Br)c4)C3c3cccs3)ccc2O1. The van der Waals surface area contributed by atoms with Crippen molar-refractivity contribution in [3.8, 4) is 5.75 Å². The number of thiophene rings is 1. The Labute approximate surface area is 191 Å². The molecule has 1 fully saturated rings. The van der Waals surface area contributed by atoms with Crippen molar-refractivity contribution in [2.75, 3.05) is 4.90 Å². The maximum Gasteiger partial charge on any atom is 0.300 e. The molecular weight excluding hydrogens is 478 g/mol. The van der Waals surface area contributed by atoms with Crippen molar-refractivity contribution >= 4 is 50.4 Å². The molecule has 0 saturated carbocycles. The number of fused-ring (bicyclic) bond motifs is 1. The summed E-state index contributed by atoms with van der Waals surface area (Å²) in [6, 6.07) is 15.7. The van der Waals surface area contributed by atoms with Gasteiger partial charge in [-0.25, -0.2) is 0 Å². The van der Waals surface area contributed by atoms with E-state index in [1.54, 1.807) is 24.3 Å². The third-order valence-corrected chi connectivity index (χ3v) is 6.93. The second-order valence-corrected chi connectivity index (χ2v) is 9.51. The van der Waals surface area contributed by atoms with Gasteiger partial charge in [0.25, 0.3) is 11.7 Å². The quantitative estimate of drug-likeness (QED) is 0.297. The van der Waals surface area contributed by atoms with Gasteiger partial charge in [0, 0.05) is 27.0 Å². The molecule has 0 spiro atoms. The summed E-state index contributed by atoms with van der Waals surface area (Å²) in [4.78, 5) is 28.5. The van der Waals surface area contributed by atoms with Gasteiger partial charge in [0.2, 0.25) is 0 Å². The number of rotatable bonds is 3. The van der Waals surface area contributed by atoms with Crippen LogP contribution in [0.25, 0.3) is 5.76 Å². The Balaban J connectivity index is 1.67. The number of aliphatic hydroxyl groups is 1. The van der Waals surface area contributed by atoms with Crippen LogP contribution in [0.3, 0.4) is 0 Å². The molecule has 0 aliphatic carbocycles. The predicted octanol–water partition coefficient (Wildman–Crippen LogP) is 5.46. The van der Waals surface area contributed by atoms with Crippen molar-refractivity contribution < 1.29 is 19.4 Å². The highest BCUT2D eigenvalue weighted by atomic mass is 79.9. The summed E-state index contributed by atoms with van der Waals surface area (Å²) in [6.07, 6.45) is 0.803. The van der Waals surface area contributed by atoms with Gasteiger partial charge < -0.3 is 9.84 Å². The van der Waals surface area contributed by atoms with Gasteiger partial charge in [-0.2, -0.15) is 0 Å². The van der Waals surface area contributed by atoms with Gasteiger partial charge in [-0.15, -0.1) is 11.3 Å². The summed E-state index contributed by atoms with van der Waals surface area (Å²) in [5.74, 6) is -0.734. The molecule has 2 unspecified atom stereocenters. The molecule has 2 aromatic carbocycles. The van der Waals surface area contributed by atoms with Crippen LogP contribution in [0.2, 0.25) is 0 Å². The number of hydrogen-bond donors (Lipinski definition) is 1. The van der Waals surface area contributed by atoms with Crippen LogP contribution in [0.5, 0.6) is 5.75 Å². The zero-order chi connectivity index (χ0) is 21.7. The average molecular weight is 496 g/mol. The van der Waals surface area contributed by atoms with Gasteiger partial charge in [-0.1, -0.05) is 28.1 Å². The van der Waals surface area contributed by atoms with Crippen LogP contribution in [0.4, 0.5) is 5.69 Å². The van der Waals surface area contributed by atoms with E-state index >= 15 is 0 Å². The Kier molecular flexibility index (Phi) is 4.95. The second kappa shape index (κ2) is 7.66. The van der Waals surface area contributed by atoms with E-state index < -0.39 is 17.7 Å². The average Bonchev–Trinajstić information content (AvgIpc) is 3.45. The van der Waals surface area contributed by atoms with Crippen LogP contribution in [-0.4, -0.2) is 22.9 Å². The van der Waals surface area contributed by atoms with Gasteiger partial charge in [0.05, 0.1) is 5.57 Å². The van der Waals surface area contributed by atoms with Crippen LogP contribution in [0.15, 0.2) is 70.0 Å². The van der Waals surface area contributed by atoms with Crippen molar-refractivity contribution in [3.05, 3.63) is 86.0 Å². The Morgan fingerprint density at radius 3 is 2.74 bits per heavy atom. The second-order valence-electron chi connectivity index (χ2n) is 7.62. The molecule has 1 aromatic heterocycles. The molecule has 3 aromatic rings. The van der Waals surface area contributed by atoms with E-state index in [0.29, 0.717) is 11.3 Å². The van der Waals surface area contributed by atoms with Gasteiger partial charge in [-0.3, -0.25) is 14.5 Å². The molecule has 156 valence electrons. The number of benzene rings is 2. The molecule has 31 heavy (non-hydrogen) atoms. The topological polar surface area (TPSA) is 66.8 Å². The number of carbonyl (C=O) groups excluding carboxylic acids is 2. The summed E-state index contributed by atoms with van der Waals surface area (Å²) < 4.78 is 6.54. The molecule has 2 aliphatic heterocycles. The van der Waals surface area contributed by atoms with E-state index in [-0.39, 0.29) is 17.4 Å². The van der Waals surface area contributed by atoms with Gasteiger partial charge in [-0.05, 0) is 60.3 Å². The molecule has 1 amide bonds. The normalized spacial score (nSPS) is 21.9. The molecule has 5 nitrogen and oxygen atoms in total. The summed E-state index contributed by atoms with van der Waals surface area (Å²) in [5, 5.41) is 13.1. The number of carbonyl (C=O) groups is 2. The molecule has 1 N–H and O–H groups in total. The Morgan fingerprint density at radius 1 is 1.16 bits per heavy atom. The molecule has 2 atom stereocenters. The first-order valence-corrected chi connectivity index (χ1v) is 11.5. The summed E-state index contributed by atoms with van der Waals surface area (Å²) in [6.45, 7) is 1.99. The third-order valence-electron chi connectivity index (χ3n) is 5.51. The van der Waals surface area contributed by atoms with Crippen molar-refractivity contribution in [1.82, 2.24) is 0 Å². The van der Waals surface area contributed by atoms with E-state index in [4.69, 9.17) is 4.74 Å². The molecule has 5 rings (SSSR count). The van der Waals surface area contributed by atoms with Crippen LogP contribution in [0.1, 0.15) is 29.0 Å². The molecule has 7 heteroatoms. The standard InChI is InChI=1S/C24H18BrNO4S/c1-13-10-15-11-14(7-8-18(15)30-13)22(27)20-21(19-6-3-9-31-19)26(24(29)23(20)28)17-5-2-4-16(25)12-17/h2-9,11-13,21,27H,10H2,1H3/b22-20-.